The van der Waals surface area contributed by atoms with Crippen molar-refractivity contribution < 1.29 is 28.5 Å². The van der Waals surface area contributed by atoms with Crippen LogP contribution in [0, 0.1) is 16.7 Å². The van der Waals surface area contributed by atoms with Gasteiger partial charge in [-0.25, -0.2) is 0 Å². The fourth-order valence-electron chi connectivity index (χ4n) is 2.22. The molecule has 0 fully saturated rings. The standard InChI is InChI=1S/C22H38N2O6/c1-17(29-19(25)10-12-21(3,4)16-23)27-14-8-9-15-28-18(2)30-20(26)11-13-22(5,6)24-7/h17-18H,7-15H2,1-6H3. The Morgan fingerprint density at radius 2 is 1.37 bits per heavy atom. The minimum absolute atomic E-state index is 0.181. The highest BCUT2D eigenvalue weighted by atomic mass is 16.7. The second kappa shape index (κ2) is 14.1. The fraction of sp³-hybridized carbons (Fsp3) is 0.818. The quantitative estimate of drug-likeness (QED) is 0.158. The van der Waals surface area contributed by atoms with Gasteiger partial charge in [0.25, 0.3) is 0 Å². The van der Waals surface area contributed by atoms with Crippen LogP contribution in [-0.2, 0) is 28.5 Å². The van der Waals surface area contributed by atoms with Crippen molar-refractivity contribution in [1.29, 1.82) is 5.26 Å². The van der Waals surface area contributed by atoms with Crippen LogP contribution in [0.15, 0.2) is 4.99 Å². The Hall–Kier alpha value is -1.98. The minimum Gasteiger partial charge on any atom is -0.436 e. The predicted molar refractivity (Wildman–Crippen MR) is 114 cm³/mol. The van der Waals surface area contributed by atoms with E-state index in [1.807, 2.05) is 13.8 Å². The predicted octanol–water partition coefficient (Wildman–Crippen LogP) is 4.17. The second-order valence-electron chi connectivity index (χ2n) is 8.53. The lowest BCUT2D eigenvalue weighted by Gasteiger charge is -2.19. The van der Waals surface area contributed by atoms with Gasteiger partial charge >= 0.3 is 11.9 Å². The molecule has 0 radical (unpaired) electrons. The SMILES string of the molecule is C=NC(C)(C)CCC(=O)OC(C)OCCCCOC(C)OC(=O)CCC(C)(C)C#N. The zero-order chi connectivity index (χ0) is 23.2. The summed E-state index contributed by atoms with van der Waals surface area (Å²) in [4.78, 5) is 27.5. The van der Waals surface area contributed by atoms with Gasteiger partial charge in [0.2, 0.25) is 0 Å². The van der Waals surface area contributed by atoms with E-state index in [-0.39, 0.29) is 30.3 Å². The first kappa shape index (κ1) is 28.0. The van der Waals surface area contributed by atoms with Gasteiger partial charge in [0.1, 0.15) is 0 Å². The zero-order valence-electron chi connectivity index (χ0n) is 19.4. The van der Waals surface area contributed by atoms with E-state index in [0.29, 0.717) is 38.9 Å². The van der Waals surface area contributed by atoms with Gasteiger partial charge in [-0.3, -0.25) is 14.6 Å². The number of ether oxygens (including phenoxy) is 4. The summed E-state index contributed by atoms with van der Waals surface area (Å²) in [6.07, 6.45) is 1.62. The Labute approximate surface area is 180 Å². The molecule has 0 aromatic heterocycles. The van der Waals surface area contributed by atoms with Crippen molar-refractivity contribution in [3.63, 3.8) is 0 Å². The molecule has 0 aliphatic carbocycles. The Morgan fingerprint density at radius 3 is 1.77 bits per heavy atom. The summed E-state index contributed by atoms with van der Waals surface area (Å²) < 4.78 is 21.3. The number of hydrogen-bond donors (Lipinski definition) is 0. The molecule has 0 spiro atoms. The topological polar surface area (TPSA) is 107 Å². The number of nitrogens with zero attached hydrogens (tertiary/aromatic N) is 2. The van der Waals surface area contributed by atoms with Crippen LogP contribution in [-0.4, -0.2) is 50.0 Å². The zero-order valence-corrected chi connectivity index (χ0v) is 19.4. The Balaban J connectivity index is 3.78. The molecule has 8 nitrogen and oxygen atoms in total. The number of aliphatic imine (C=N–C) groups is 1. The maximum atomic E-state index is 11.8. The average Bonchev–Trinajstić information content (AvgIpc) is 2.67. The van der Waals surface area contributed by atoms with Crippen molar-refractivity contribution in [2.45, 2.75) is 98.2 Å². The molecule has 30 heavy (non-hydrogen) atoms. The largest absolute Gasteiger partial charge is 0.436 e. The number of rotatable bonds is 16. The van der Waals surface area contributed by atoms with Crippen LogP contribution in [0.4, 0.5) is 0 Å². The molecule has 2 atom stereocenters. The molecule has 0 bridgehead atoms. The van der Waals surface area contributed by atoms with Crippen LogP contribution < -0.4 is 0 Å². The highest BCUT2D eigenvalue weighted by Crippen LogP contribution is 2.21. The van der Waals surface area contributed by atoms with Crippen LogP contribution in [0.2, 0.25) is 0 Å². The van der Waals surface area contributed by atoms with E-state index < -0.39 is 18.0 Å². The summed E-state index contributed by atoms with van der Waals surface area (Å²) in [5.74, 6) is -0.701. The summed E-state index contributed by atoms with van der Waals surface area (Å²) in [5.41, 5.74) is -0.893. The van der Waals surface area contributed by atoms with E-state index in [1.54, 1.807) is 27.7 Å². The molecule has 172 valence electrons. The first-order valence-corrected chi connectivity index (χ1v) is 10.4. The molecule has 0 aliphatic heterocycles. The van der Waals surface area contributed by atoms with Gasteiger partial charge in [-0.1, -0.05) is 0 Å². The molecule has 0 aromatic rings. The van der Waals surface area contributed by atoms with Crippen molar-refractivity contribution in [3.05, 3.63) is 0 Å². The van der Waals surface area contributed by atoms with Crippen molar-refractivity contribution in [1.82, 2.24) is 0 Å². The molecule has 0 N–H and O–H groups in total. The molecule has 8 heteroatoms. The molecule has 0 rings (SSSR count). The molecule has 2 unspecified atom stereocenters. The Kier molecular flexibility index (Phi) is 13.2. The van der Waals surface area contributed by atoms with E-state index in [9.17, 15) is 9.59 Å². The summed E-state index contributed by atoms with van der Waals surface area (Å²) >= 11 is 0. The maximum Gasteiger partial charge on any atom is 0.308 e. The van der Waals surface area contributed by atoms with Crippen LogP contribution in [0.25, 0.3) is 0 Å². The van der Waals surface area contributed by atoms with Crippen molar-refractivity contribution >= 4 is 18.7 Å². The molecule has 0 aliphatic rings. The molecular weight excluding hydrogens is 388 g/mol. The van der Waals surface area contributed by atoms with E-state index in [4.69, 9.17) is 24.2 Å². The van der Waals surface area contributed by atoms with Crippen LogP contribution >= 0.6 is 0 Å². The number of carbonyl (C=O) groups is 2. The van der Waals surface area contributed by atoms with E-state index in [2.05, 4.69) is 17.8 Å². The number of esters is 2. The van der Waals surface area contributed by atoms with Gasteiger partial charge in [-0.2, -0.15) is 5.26 Å². The first-order valence-electron chi connectivity index (χ1n) is 10.4. The smallest absolute Gasteiger partial charge is 0.308 e. The highest BCUT2D eigenvalue weighted by molar-refractivity contribution is 5.69. The Morgan fingerprint density at radius 1 is 0.933 bits per heavy atom. The molecule has 0 aromatic carbocycles. The molecule has 0 saturated heterocycles. The van der Waals surface area contributed by atoms with Crippen LogP contribution in [0.5, 0.6) is 0 Å². The van der Waals surface area contributed by atoms with E-state index in [0.717, 1.165) is 0 Å². The second-order valence-corrected chi connectivity index (χ2v) is 8.53. The first-order chi connectivity index (χ1) is 13.9. The normalized spacial score (nSPS) is 13.8. The third kappa shape index (κ3) is 14.9. The van der Waals surface area contributed by atoms with Crippen LogP contribution in [0.3, 0.4) is 0 Å². The lowest BCUT2D eigenvalue weighted by atomic mass is 9.90. The lowest BCUT2D eigenvalue weighted by molar-refractivity contribution is -0.179. The minimum atomic E-state index is -0.641. The van der Waals surface area contributed by atoms with Gasteiger partial charge in [0.15, 0.2) is 12.6 Å². The van der Waals surface area contributed by atoms with Crippen LogP contribution in [0.1, 0.15) is 80.1 Å². The van der Waals surface area contributed by atoms with Gasteiger partial charge in [-0.15, -0.1) is 0 Å². The van der Waals surface area contributed by atoms with E-state index in [1.165, 1.54) is 0 Å². The highest BCUT2D eigenvalue weighted by Gasteiger charge is 2.20. The summed E-state index contributed by atoms with van der Waals surface area (Å²) in [5, 5.41) is 8.95. The third-order valence-electron chi connectivity index (χ3n) is 4.46. The number of nitriles is 1. The fourth-order valence-corrected chi connectivity index (χ4v) is 2.22. The third-order valence-corrected chi connectivity index (χ3v) is 4.46. The average molecular weight is 427 g/mol. The van der Waals surface area contributed by atoms with E-state index >= 15 is 0 Å². The molecular formula is C22H38N2O6. The van der Waals surface area contributed by atoms with Gasteiger partial charge in [-0.05, 0) is 73.9 Å². The van der Waals surface area contributed by atoms with Gasteiger partial charge in [0, 0.05) is 12.8 Å². The van der Waals surface area contributed by atoms with Crippen molar-refractivity contribution in [3.8, 4) is 6.07 Å². The Bertz CT molecular complexity index is 583. The van der Waals surface area contributed by atoms with Gasteiger partial charge < -0.3 is 18.9 Å². The number of carbonyl (C=O) groups excluding carboxylic acids is 2. The van der Waals surface area contributed by atoms with Crippen molar-refractivity contribution in [2.75, 3.05) is 13.2 Å². The van der Waals surface area contributed by atoms with Crippen molar-refractivity contribution in [2.24, 2.45) is 10.4 Å². The maximum absolute atomic E-state index is 11.8. The summed E-state index contributed by atoms with van der Waals surface area (Å²) in [7, 11) is 0. The summed E-state index contributed by atoms with van der Waals surface area (Å²) in [6, 6.07) is 2.15. The molecule has 0 saturated carbocycles. The lowest BCUT2D eigenvalue weighted by Crippen LogP contribution is -2.22. The number of hydrogen-bond acceptors (Lipinski definition) is 8. The monoisotopic (exact) mass is 426 g/mol. The molecule has 0 heterocycles. The molecule has 0 amide bonds. The number of unbranched alkanes of at least 4 members (excludes halogenated alkanes) is 1. The summed E-state index contributed by atoms with van der Waals surface area (Å²) in [6.45, 7) is 15.1. The van der Waals surface area contributed by atoms with Gasteiger partial charge in [0.05, 0.1) is 30.2 Å².